The predicted molar refractivity (Wildman–Crippen MR) is 109 cm³/mol. The number of hydrogen-bond donors (Lipinski definition) is 1. The third kappa shape index (κ3) is 5.78. The maximum atomic E-state index is 12.8. The maximum Gasteiger partial charge on any atom is 0.261 e. The Balaban J connectivity index is 2.14. The smallest absolute Gasteiger partial charge is 0.261 e. The Bertz CT molecular complexity index is 827. The molecule has 150 valence electrons. The van der Waals surface area contributed by atoms with Crippen molar-refractivity contribution in [2.45, 2.75) is 19.5 Å². The predicted octanol–water partition coefficient (Wildman–Crippen LogP) is 3.54. The summed E-state index contributed by atoms with van der Waals surface area (Å²) in [5.41, 5.74) is 0.856. The highest BCUT2D eigenvalue weighted by Gasteiger charge is 2.26. The number of nitrogens with one attached hydrogen (secondary N) is 1. The van der Waals surface area contributed by atoms with Crippen molar-refractivity contribution in [3.8, 4) is 11.5 Å². The van der Waals surface area contributed by atoms with Gasteiger partial charge in [-0.25, -0.2) is 0 Å². The van der Waals surface area contributed by atoms with Crippen LogP contribution >= 0.6 is 23.2 Å². The number of hydrogen-bond acceptors (Lipinski definition) is 4. The molecule has 1 N–H and O–H groups in total. The van der Waals surface area contributed by atoms with Gasteiger partial charge in [0.25, 0.3) is 5.91 Å². The van der Waals surface area contributed by atoms with Crippen LogP contribution in [0, 0.1) is 0 Å². The van der Waals surface area contributed by atoms with Crippen LogP contribution in [0.2, 0.25) is 10.0 Å². The van der Waals surface area contributed by atoms with Gasteiger partial charge >= 0.3 is 0 Å². The molecule has 0 aliphatic carbocycles. The van der Waals surface area contributed by atoms with E-state index < -0.39 is 6.04 Å². The van der Waals surface area contributed by atoms with Crippen molar-refractivity contribution in [1.29, 1.82) is 0 Å². The average molecular weight is 425 g/mol. The summed E-state index contributed by atoms with van der Waals surface area (Å²) in [7, 11) is 3.11. The van der Waals surface area contributed by atoms with Crippen LogP contribution in [0.4, 0.5) is 0 Å². The molecule has 2 amide bonds. The van der Waals surface area contributed by atoms with Crippen LogP contribution < -0.4 is 14.8 Å². The number of likely N-dealkylation sites (N-methyl/N-ethyl adjacent to an activating group) is 1. The number of carbonyl (C=O) groups is 2. The van der Waals surface area contributed by atoms with Crippen molar-refractivity contribution in [2.24, 2.45) is 0 Å². The van der Waals surface area contributed by atoms with Gasteiger partial charge in [-0.05, 0) is 42.8 Å². The lowest BCUT2D eigenvalue weighted by Crippen LogP contribution is -2.48. The van der Waals surface area contributed by atoms with Crippen LogP contribution in [0.15, 0.2) is 42.5 Å². The first kappa shape index (κ1) is 21.9. The minimum absolute atomic E-state index is 0.245. The summed E-state index contributed by atoms with van der Waals surface area (Å²) >= 11 is 11.9. The summed E-state index contributed by atoms with van der Waals surface area (Å²) in [6.07, 6.45) is 0. The van der Waals surface area contributed by atoms with Gasteiger partial charge in [0.1, 0.15) is 17.5 Å². The van der Waals surface area contributed by atoms with Crippen LogP contribution in [-0.2, 0) is 16.1 Å². The lowest BCUT2D eigenvalue weighted by molar-refractivity contribution is -0.142. The van der Waals surface area contributed by atoms with Crippen molar-refractivity contribution in [3.05, 3.63) is 58.1 Å². The van der Waals surface area contributed by atoms with Gasteiger partial charge in [-0.1, -0.05) is 35.3 Å². The molecule has 0 fully saturated rings. The summed E-state index contributed by atoms with van der Waals surface area (Å²) in [5, 5.41) is 3.34. The molecule has 0 bridgehead atoms. The molecule has 0 aromatic heterocycles. The van der Waals surface area contributed by atoms with Gasteiger partial charge in [-0.3, -0.25) is 9.59 Å². The Hall–Kier alpha value is -2.44. The van der Waals surface area contributed by atoms with Crippen LogP contribution in [0.3, 0.4) is 0 Å². The number of methoxy groups -OCH3 is 1. The monoisotopic (exact) mass is 424 g/mol. The van der Waals surface area contributed by atoms with Crippen molar-refractivity contribution >= 4 is 35.0 Å². The standard InChI is InChI=1S/C20H22Cl2N2O4/c1-13(20(26)23-2)24(11-14-4-7-16(27-3)8-5-14)19(25)12-28-18-9-6-15(21)10-17(18)22/h4-10,13H,11-12H2,1-3H3,(H,23,26)/t13-/m1/s1. The van der Waals surface area contributed by atoms with Gasteiger partial charge in [-0.2, -0.15) is 0 Å². The van der Waals surface area contributed by atoms with Crippen molar-refractivity contribution in [2.75, 3.05) is 20.8 Å². The minimum Gasteiger partial charge on any atom is -0.497 e. The molecule has 0 radical (unpaired) electrons. The second-order valence-corrected chi connectivity index (χ2v) is 6.87. The zero-order valence-corrected chi connectivity index (χ0v) is 17.4. The Morgan fingerprint density at radius 3 is 2.39 bits per heavy atom. The highest BCUT2D eigenvalue weighted by molar-refractivity contribution is 6.35. The molecule has 0 saturated heterocycles. The molecule has 0 spiro atoms. The Morgan fingerprint density at radius 2 is 1.82 bits per heavy atom. The zero-order valence-electron chi connectivity index (χ0n) is 15.9. The normalized spacial score (nSPS) is 11.5. The molecule has 1 atom stereocenters. The molecule has 28 heavy (non-hydrogen) atoms. The fourth-order valence-electron chi connectivity index (χ4n) is 2.53. The fourth-order valence-corrected chi connectivity index (χ4v) is 3.00. The van der Waals surface area contributed by atoms with Gasteiger partial charge in [0.2, 0.25) is 5.91 Å². The largest absolute Gasteiger partial charge is 0.497 e. The number of amides is 2. The number of carbonyl (C=O) groups excluding carboxylic acids is 2. The van der Waals surface area contributed by atoms with E-state index in [2.05, 4.69) is 5.32 Å². The van der Waals surface area contributed by atoms with Gasteiger partial charge in [0.05, 0.1) is 12.1 Å². The lowest BCUT2D eigenvalue weighted by Gasteiger charge is -2.28. The van der Waals surface area contributed by atoms with E-state index >= 15 is 0 Å². The molecule has 2 rings (SSSR count). The molecule has 0 aliphatic rings. The molecule has 6 nitrogen and oxygen atoms in total. The molecule has 2 aromatic carbocycles. The Morgan fingerprint density at radius 1 is 1.14 bits per heavy atom. The summed E-state index contributed by atoms with van der Waals surface area (Å²) in [5.74, 6) is 0.433. The molecule has 2 aromatic rings. The maximum absolute atomic E-state index is 12.8. The summed E-state index contributed by atoms with van der Waals surface area (Å²) in [4.78, 5) is 26.4. The lowest BCUT2D eigenvalue weighted by atomic mass is 10.1. The molecule has 0 unspecified atom stereocenters. The number of rotatable bonds is 8. The summed E-state index contributed by atoms with van der Waals surface area (Å²) in [6, 6.07) is 11.3. The Labute approximate surface area is 174 Å². The first-order chi connectivity index (χ1) is 13.3. The van der Waals surface area contributed by atoms with E-state index in [4.69, 9.17) is 32.7 Å². The minimum atomic E-state index is -0.677. The second kappa shape index (κ2) is 10.2. The number of ether oxygens (including phenoxy) is 2. The van der Waals surface area contributed by atoms with E-state index in [0.29, 0.717) is 21.5 Å². The topological polar surface area (TPSA) is 67.9 Å². The van der Waals surface area contributed by atoms with Gasteiger partial charge in [0.15, 0.2) is 6.61 Å². The number of nitrogens with zero attached hydrogens (tertiary/aromatic N) is 1. The SMILES string of the molecule is CNC(=O)[C@@H](C)N(Cc1ccc(OC)cc1)C(=O)COc1ccc(Cl)cc1Cl. The van der Waals surface area contributed by atoms with E-state index in [1.54, 1.807) is 38.3 Å². The van der Waals surface area contributed by atoms with E-state index in [1.165, 1.54) is 18.0 Å². The first-order valence-corrected chi connectivity index (χ1v) is 9.33. The van der Waals surface area contributed by atoms with Crippen LogP contribution in [0.25, 0.3) is 0 Å². The highest BCUT2D eigenvalue weighted by atomic mass is 35.5. The third-order valence-electron chi connectivity index (χ3n) is 4.17. The zero-order chi connectivity index (χ0) is 20.7. The van der Waals surface area contributed by atoms with Gasteiger partial charge < -0.3 is 19.7 Å². The molecule has 0 aliphatic heterocycles. The number of halogens is 2. The molecular weight excluding hydrogens is 403 g/mol. The van der Waals surface area contributed by atoms with E-state index in [9.17, 15) is 9.59 Å². The Kier molecular flexibility index (Phi) is 7.96. The van der Waals surface area contributed by atoms with E-state index in [1.807, 2.05) is 12.1 Å². The van der Waals surface area contributed by atoms with Gasteiger partial charge in [0, 0.05) is 18.6 Å². The van der Waals surface area contributed by atoms with Crippen LogP contribution in [0.1, 0.15) is 12.5 Å². The van der Waals surface area contributed by atoms with Crippen molar-refractivity contribution in [3.63, 3.8) is 0 Å². The molecule has 0 heterocycles. The van der Waals surface area contributed by atoms with Gasteiger partial charge in [-0.15, -0.1) is 0 Å². The van der Waals surface area contributed by atoms with Crippen LogP contribution in [-0.4, -0.2) is 43.5 Å². The average Bonchev–Trinajstić information content (AvgIpc) is 2.70. The van der Waals surface area contributed by atoms with Crippen LogP contribution in [0.5, 0.6) is 11.5 Å². The third-order valence-corrected chi connectivity index (χ3v) is 4.70. The highest BCUT2D eigenvalue weighted by Crippen LogP contribution is 2.27. The van der Waals surface area contributed by atoms with Crippen molar-refractivity contribution < 1.29 is 19.1 Å². The number of benzene rings is 2. The van der Waals surface area contributed by atoms with Crippen molar-refractivity contribution in [1.82, 2.24) is 10.2 Å². The summed E-state index contributed by atoms with van der Waals surface area (Å²) in [6.45, 7) is 1.64. The molecule has 8 heteroatoms. The molecular formula is C20H22Cl2N2O4. The summed E-state index contributed by atoms with van der Waals surface area (Å²) < 4.78 is 10.7. The second-order valence-electron chi connectivity index (χ2n) is 6.02. The fraction of sp³-hybridized carbons (Fsp3) is 0.300. The van der Waals surface area contributed by atoms with E-state index in [-0.39, 0.29) is 25.0 Å². The quantitative estimate of drug-likeness (QED) is 0.703. The van der Waals surface area contributed by atoms with E-state index in [0.717, 1.165) is 5.56 Å². The molecule has 0 saturated carbocycles. The first-order valence-electron chi connectivity index (χ1n) is 8.57.